The summed E-state index contributed by atoms with van der Waals surface area (Å²) in [5, 5.41) is 17.6. The van der Waals surface area contributed by atoms with E-state index in [0.29, 0.717) is 22.2 Å². The summed E-state index contributed by atoms with van der Waals surface area (Å²) in [4.78, 5) is 0. The molecule has 0 radical (unpaired) electrons. The largest absolute Gasteiger partial charge is 0.390 e. The van der Waals surface area contributed by atoms with Crippen molar-refractivity contribution in [1.82, 2.24) is 15.0 Å². The van der Waals surface area contributed by atoms with Crippen molar-refractivity contribution < 1.29 is 9.50 Å². The molecule has 0 amide bonds. The van der Waals surface area contributed by atoms with E-state index in [4.69, 9.17) is 11.6 Å². The lowest BCUT2D eigenvalue weighted by Gasteiger charge is -2.11. The number of aliphatic hydroxyl groups is 1. The summed E-state index contributed by atoms with van der Waals surface area (Å²) in [6.45, 7) is 4.16. The molecule has 0 bridgehead atoms. The summed E-state index contributed by atoms with van der Waals surface area (Å²) in [5.74, 6) is 0.0164. The van der Waals surface area contributed by atoms with Gasteiger partial charge in [-0.1, -0.05) is 36.7 Å². The van der Waals surface area contributed by atoms with Gasteiger partial charge in [0.15, 0.2) is 0 Å². The second-order valence-corrected chi connectivity index (χ2v) is 5.50. The number of benzene rings is 1. The van der Waals surface area contributed by atoms with Crippen LogP contribution in [0.25, 0.3) is 0 Å². The molecule has 108 valence electrons. The Morgan fingerprint density at radius 2 is 2.15 bits per heavy atom. The zero-order valence-electron chi connectivity index (χ0n) is 11.5. The molecule has 1 N–H and O–H groups in total. The lowest BCUT2D eigenvalue weighted by atomic mass is 10.1. The minimum Gasteiger partial charge on any atom is -0.390 e. The number of hydrogen-bond donors (Lipinski definition) is 1. The second-order valence-electron chi connectivity index (χ2n) is 5.10. The first-order chi connectivity index (χ1) is 9.52. The van der Waals surface area contributed by atoms with Crippen LogP contribution in [0.3, 0.4) is 0 Å². The Kier molecular flexibility index (Phi) is 4.73. The Morgan fingerprint density at radius 3 is 2.75 bits per heavy atom. The van der Waals surface area contributed by atoms with E-state index >= 15 is 0 Å². The van der Waals surface area contributed by atoms with Gasteiger partial charge in [-0.2, -0.15) is 0 Å². The average molecular weight is 298 g/mol. The minimum atomic E-state index is -0.367. The molecule has 20 heavy (non-hydrogen) atoms. The number of halogens is 2. The predicted octanol–water partition coefficient (Wildman–Crippen LogP) is 2.81. The quantitative estimate of drug-likeness (QED) is 0.923. The van der Waals surface area contributed by atoms with E-state index in [9.17, 15) is 9.50 Å². The molecule has 0 spiro atoms. The Bertz CT molecular complexity index is 578. The minimum absolute atomic E-state index is 0.174. The SMILES string of the molecule is CC(C)Cc1c(CO)nnn1Cc1c(F)cccc1Cl. The maximum Gasteiger partial charge on any atom is 0.129 e. The fraction of sp³-hybridized carbons (Fsp3) is 0.429. The normalized spacial score (nSPS) is 11.3. The molecule has 0 aliphatic heterocycles. The Balaban J connectivity index is 2.36. The topological polar surface area (TPSA) is 50.9 Å². The molecule has 0 aliphatic rings. The molecule has 0 saturated heterocycles. The van der Waals surface area contributed by atoms with E-state index in [-0.39, 0.29) is 19.0 Å². The summed E-state index contributed by atoms with van der Waals surface area (Å²) in [6.07, 6.45) is 0.717. The molecule has 6 heteroatoms. The van der Waals surface area contributed by atoms with Gasteiger partial charge in [-0.15, -0.1) is 5.10 Å². The highest BCUT2D eigenvalue weighted by molar-refractivity contribution is 6.31. The molecule has 1 heterocycles. The Hall–Kier alpha value is -1.46. The van der Waals surface area contributed by atoms with Crippen LogP contribution in [0.5, 0.6) is 0 Å². The standard InChI is InChI=1S/C14H17ClFN3O/c1-9(2)6-14-13(8-20)17-18-19(14)7-10-11(15)4-3-5-12(10)16/h3-5,9,20H,6-8H2,1-2H3. The lowest BCUT2D eigenvalue weighted by molar-refractivity contribution is 0.275. The van der Waals surface area contributed by atoms with Crippen molar-refractivity contribution in [3.05, 3.63) is 46.0 Å². The van der Waals surface area contributed by atoms with Gasteiger partial charge in [0.25, 0.3) is 0 Å². The van der Waals surface area contributed by atoms with E-state index in [1.165, 1.54) is 6.07 Å². The van der Waals surface area contributed by atoms with Crippen molar-refractivity contribution in [2.75, 3.05) is 0 Å². The van der Waals surface area contributed by atoms with E-state index < -0.39 is 0 Å². The van der Waals surface area contributed by atoms with Crippen molar-refractivity contribution in [2.24, 2.45) is 5.92 Å². The summed E-state index contributed by atoms with van der Waals surface area (Å²) >= 11 is 6.03. The van der Waals surface area contributed by atoms with Gasteiger partial charge in [0.1, 0.15) is 11.5 Å². The summed E-state index contributed by atoms with van der Waals surface area (Å²) in [5.41, 5.74) is 1.74. The molecule has 2 rings (SSSR count). The zero-order valence-corrected chi connectivity index (χ0v) is 12.2. The predicted molar refractivity (Wildman–Crippen MR) is 75.0 cm³/mol. The number of nitrogens with zero attached hydrogens (tertiary/aromatic N) is 3. The van der Waals surface area contributed by atoms with Gasteiger partial charge in [-0.25, -0.2) is 9.07 Å². The molecule has 0 atom stereocenters. The van der Waals surface area contributed by atoms with Gasteiger partial charge in [-0.05, 0) is 24.5 Å². The molecule has 0 unspecified atom stereocenters. The van der Waals surface area contributed by atoms with E-state index in [2.05, 4.69) is 24.2 Å². The molecule has 1 aromatic heterocycles. The van der Waals surface area contributed by atoms with Gasteiger partial charge in [-0.3, -0.25) is 0 Å². The van der Waals surface area contributed by atoms with E-state index in [0.717, 1.165) is 12.1 Å². The number of hydrogen-bond acceptors (Lipinski definition) is 3. The Morgan fingerprint density at radius 1 is 1.40 bits per heavy atom. The van der Waals surface area contributed by atoms with Crippen LogP contribution in [0, 0.1) is 11.7 Å². The zero-order chi connectivity index (χ0) is 14.7. The van der Waals surface area contributed by atoms with Gasteiger partial charge in [0, 0.05) is 10.6 Å². The van der Waals surface area contributed by atoms with E-state index in [1.54, 1.807) is 16.8 Å². The van der Waals surface area contributed by atoms with Crippen LogP contribution in [0.4, 0.5) is 4.39 Å². The number of aliphatic hydroxyl groups excluding tert-OH is 1. The van der Waals surface area contributed by atoms with Gasteiger partial charge in [0.05, 0.1) is 18.8 Å². The lowest BCUT2D eigenvalue weighted by Crippen LogP contribution is -2.11. The molecule has 4 nitrogen and oxygen atoms in total. The third-order valence-corrected chi connectivity index (χ3v) is 3.39. The summed E-state index contributed by atoms with van der Waals surface area (Å²) in [6, 6.07) is 4.58. The second kappa shape index (κ2) is 6.33. The Labute approximate surface area is 122 Å². The van der Waals surface area contributed by atoms with Gasteiger partial charge in [0.2, 0.25) is 0 Å². The van der Waals surface area contributed by atoms with Crippen molar-refractivity contribution in [3.8, 4) is 0 Å². The average Bonchev–Trinajstić information content (AvgIpc) is 2.75. The van der Waals surface area contributed by atoms with Crippen LogP contribution in [0.15, 0.2) is 18.2 Å². The monoisotopic (exact) mass is 297 g/mol. The third kappa shape index (κ3) is 3.16. The molecule has 0 aliphatic carbocycles. The molecule has 0 saturated carbocycles. The fourth-order valence-corrected chi connectivity index (χ4v) is 2.28. The molecular weight excluding hydrogens is 281 g/mol. The molecular formula is C14H17ClFN3O. The maximum atomic E-state index is 13.8. The van der Waals surface area contributed by atoms with Crippen LogP contribution in [-0.2, 0) is 19.6 Å². The highest BCUT2D eigenvalue weighted by atomic mass is 35.5. The smallest absolute Gasteiger partial charge is 0.129 e. The first-order valence-corrected chi connectivity index (χ1v) is 6.85. The highest BCUT2D eigenvalue weighted by Crippen LogP contribution is 2.21. The van der Waals surface area contributed by atoms with Crippen LogP contribution < -0.4 is 0 Å². The molecule has 0 fully saturated rings. The molecule has 1 aromatic carbocycles. The van der Waals surface area contributed by atoms with Crippen LogP contribution in [-0.4, -0.2) is 20.1 Å². The van der Waals surface area contributed by atoms with Crippen molar-refractivity contribution in [3.63, 3.8) is 0 Å². The number of aromatic nitrogens is 3. The van der Waals surface area contributed by atoms with Crippen molar-refractivity contribution in [2.45, 2.75) is 33.4 Å². The van der Waals surface area contributed by atoms with Crippen molar-refractivity contribution >= 4 is 11.6 Å². The summed E-state index contributed by atoms with van der Waals surface area (Å²) in [7, 11) is 0. The first-order valence-electron chi connectivity index (χ1n) is 6.48. The van der Waals surface area contributed by atoms with Crippen LogP contribution >= 0.6 is 11.6 Å². The maximum absolute atomic E-state index is 13.8. The van der Waals surface area contributed by atoms with Crippen LogP contribution in [0.1, 0.15) is 30.8 Å². The molecule has 2 aromatic rings. The third-order valence-electron chi connectivity index (χ3n) is 3.04. The van der Waals surface area contributed by atoms with Crippen LogP contribution in [0.2, 0.25) is 5.02 Å². The fourth-order valence-electron chi connectivity index (χ4n) is 2.06. The van der Waals surface area contributed by atoms with Crippen molar-refractivity contribution in [1.29, 1.82) is 0 Å². The van der Waals surface area contributed by atoms with E-state index in [1.807, 2.05) is 0 Å². The highest BCUT2D eigenvalue weighted by Gasteiger charge is 2.16. The summed E-state index contributed by atoms with van der Waals surface area (Å²) < 4.78 is 15.4. The number of rotatable bonds is 5. The first kappa shape index (κ1) is 14.9. The van der Waals surface area contributed by atoms with Gasteiger partial charge < -0.3 is 5.11 Å². The van der Waals surface area contributed by atoms with Gasteiger partial charge >= 0.3 is 0 Å².